The summed E-state index contributed by atoms with van der Waals surface area (Å²) in [5, 5.41) is 11.5. The number of aliphatic imine (C=N–C) groups is 1. The standard InChI is InChI=1S/C14H15N3O2S/c1-4-5-19-13(18)11-6-10(2)7-12(8-11)17-14(20-3)16-9-15/h4,6-8H,1,5H2,2-3H3,(H,16,17). The van der Waals surface area contributed by atoms with Crippen molar-refractivity contribution in [3.8, 4) is 6.19 Å². The number of rotatable bonds is 4. The highest BCUT2D eigenvalue weighted by molar-refractivity contribution is 8.13. The third-order valence-electron chi connectivity index (χ3n) is 2.22. The van der Waals surface area contributed by atoms with Gasteiger partial charge in [0.05, 0.1) is 11.3 Å². The molecule has 0 atom stereocenters. The summed E-state index contributed by atoms with van der Waals surface area (Å²) in [5.74, 6) is -0.427. The lowest BCUT2D eigenvalue weighted by Gasteiger charge is -2.06. The maximum absolute atomic E-state index is 11.8. The first-order valence-electron chi connectivity index (χ1n) is 5.78. The number of ether oxygens (including phenoxy) is 1. The van der Waals surface area contributed by atoms with Crippen LogP contribution in [0.1, 0.15) is 15.9 Å². The molecule has 0 amide bonds. The molecule has 104 valence electrons. The quantitative estimate of drug-likeness (QED) is 0.230. The molecule has 5 nitrogen and oxygen atoms in total. The van der Waals surface area contributed by atoms with Crippen molar-refractivity contribution >= 4 is 28.6 Å². The number of nitrogens with one attached hydrogen (secondary N) is 1. The van der Waals surface area contributed by atoms with Crippen LogP contribution in [0, 0.1) is 18.4 Å². The zero-order chi connectivity index (χ0) is 15.0. The fraction of sp³-hybridized carbons (Fsp3) is 0.214. The van der Waals surface area contributed by atoms with Gasteiger partial charge in [0.25, 0.3) is 0 Å². The molecule has 20 heavy (non-hydrogen) atoms. The summed E-state index contributed by atoms with van der Waals surface area (Å²) in [5.41, 5.74) is 1.89. The van der Waals surface area contributed by atoms with E-state index in [0.29, 0.717) is 16.4 Å². The molecule has 0 aromatic heterocycles. The molecule has 0 unspecified atom stereocenters. The van der Waals surface area contributed by atoms with Crippen LogP contribution in [0.5, 0.6) is 0 Å². The number of hydrogen-bond acceptors (Lipinski definition) is 5. The number of esters is 1. The van der Waals surface area contributed by atoms with Crippen LogP contribution in [0.4, 0.5) is 5.69 Å². The second-order valence-corrected chi connectivity index (χ2v) is 4.60. The van der Waals surface area contributed by atoms with Crippen molar-refractivity contribution in [3.63, 3.8) is 0 Å². The van der Waals surface area contributed by atoms with Gasteiger partial charge in [0.15, 0.2) is 11.4 Å². The van der Waals surface area contributed by atoms with E-state index in [1.165, 1.54) is 17.8 Å². The van der Waals surface area contributed by atoms with Crippen molar-refractivity contribution in [1.29, 1.82) is 5.26 Å². The average molecular weight is 289 g/mol. The molecule has 1 aromatic carbocycles. The molecule has 0 bridgehead atoms. The molecule has 0 aliphatic rings. The lowest BCUT2D eigenvalue weighted by Crippen LogP contribution is -2.12. The van der Waals surface area contributed by atoms with E-state index in [1.54, 1.807) is 18.4 Å². The molecule has 0 saturated heterocycles. The Kier molecular flexibility index (Phi) is 6.33. The van der Waals surface area contributed by atoms with E-state index in [2.05, 4.69) is 16.9 Å². The molecule has 0 saturated carbocycles. The average Bonchev–Trinajstić information content (AvgIpc) is 2.43. The van der Waals surface area contributed by atoms with E-state index in [1.807, 2.05) is 19.2 Å². The lowest BCUT2D eigenvalue weighted by atomic mass is 10.1. The number of carbonyl (C=O) groups is 1. The number of carbonyl (C=O) groups excluding carboxylic acids is 1. The maximum atomic E-state index is 11.8. The van der Waals surface area contributed by atoms with Crippen molar-refractivity contribution in [2.45, 2.75) is 6.92 Å². The summed E-state index contributed by atoms with van der Waals surface area (Å²) in [4.78, 5) is 16.1. The van der Waals surface area contributed by atoms with Crippen LogP contribution in [0.3, 0.4) is 0 Å². The largest absolute Gasteiger partial charge is 0.458 e. The van der Waals surface area contributed by atoms with Gasteiger partial charge in [0, 0.05) is 0 Å². The number of nitriles is 1. The van der Waals surface area contributed by atoms with Gasteiger partial charge >= 0.3 is 5.97 Å². The number of amidine groups is 1. The summed E-state index contributed by atoms with van der Waals surface area (Å²) in [7, 11) is 0. The molecule has 0 heterocycles. The van der Waals surface area contributed by atoms with Gasteiger partial charge in [-0.25, -0.2) is 9.79 Å². The number of benzene rings is 1. The Morgan fingerprint density at radius 3 is 2.95 bits per heavy atom. The van der Waals surface area contributed by atoms with Gasteiger partial charge in [0.1, 0.15) is 6.61 Å². The number of nitrogens with zero attached hydrogens (tertiary/aromatic N) is 2. The Hall–Kier alpha value is -2.26. The van der Waals surface area contributed by atoms with E-state index in [0.717, 1.165) is 5.56 Å². The second-order valence-electron chi connectivity index (χ2n) is 3.80. The van der Waals surface area contributed by atoms with Crippen molar-refractivity contribution in [3.05, 3.63) is 42.0 Å². The van der Waals surface area contributed by atoms with Crippen molar-refractivity contribution in [1.82, 2.24) is 5.32 Å². The predicted molar refractivity (Wildman–Crippen MR) is 81.0 cm³/mol. The molecule has 6 heteroatoms. The van der Waals surface area contributed by atoms with Gasteiger partial charge in [0.2, 0.25) is 0 Å². The molecule has 1 aromatic rings. The third-order valence-corrected chi connectivity index (χ3v) is 2.80. The molecule has 0 fully saturated rings. The van der Waals surface area contributed by atoms with Crippen LogP contribution < -0.4 is 5.32 Å². The highest BCUT2D eigenvalue weighted by Gasteiger charge is 2.09. The summed E-state index contributed by atoms with van der Waals surface area (Å²) in [6.07, 6.45) is 5.13. The van der Waals surface area contributed by atoms with Crippen LogP contribution in [-0.2, 0) is 4.74 Å². The second kappa shape index (κ2) is 8.02. The van der Waals surface area contributed by atoms with Gasteiger partial charge in [-0.3, -0.25) is 5.32 Å². The van der Waals surface area contributed by atoms with E-state index < -0.39 is 5.97 Å². The third kappa shape index (κ3) is 4.78. The summed E-state index contributed by atoms with van der Waals surface area (Å²) >= 11 is 1.31. The zero-order valence-corrected chi connectivity index (χ0v) is 12.2. The first-order valence-corrected chi connectivity index (χ1v) is 7.00. The van der Waals surface area contributed by atoms with Gasteiger partial charge in [-0.05, 0) is 36.9 Å². The highest BCUT2D eigenvalue weighted by Crippen LogP contribution is 2.19. The monoisotopic (exact) mass is 289 g/mol. The smallest absolute Gasteiger partial charge is 0.338 e. The highest BCUT2D eigenvalue weighted by atomic mass is 32.2. The van der Waals surface area contributed by atoms with Crippen LogP contribution >= 0.6 is 11.8 Å². The summed E-state index contributed by atoms with van der Waals surface area (Å²) in [6, 6.07) is 5.16. The van der Waals surface area contributed by atoms with Crippen molar-refractivity contribution in [2.75, 3.05) is 12.9 Å². The Morgan fingerprint density at radius 1 is 1.60 bits per heavy atom. The van der Waals surface area contributed by atoms with Crippen molar-refractivity contribution < 1.29 is 9.53 Å². The number of aryl methyl sites for hydroxylation is 1. The predicted octanol–water partition coefficient (Wildman–Crippen LogP) is 2.76. The Bertz CT molecular complexity index is 576. The number of hydrogen-bond donors (Lipinski definition) is 1. The number of thioether (sulfide) groups is 1. The fourth-order valence-electron chi connectivity index (χ4n) is 1.45. The van der Waals surface area contributed by atoms with Gasteiger partial charge in [-0.15, -0.1) is 0 Å². The minimum atomic E-state index is -0.427. The normalized spacial score (nSPS) is 10.6. The van der Waals surface area contributed by atoms with Crippen molar-refractivity contribution in [2.24, 2.45) is 4.99 Å². The first kappa shape index (κ1) is 15.8. The SMILES string of the molecule is C=CCOC(=O)c1cc(C)cc(N=C(NC#N)SC)c1. The molecule has 0 radical (unpaired) electrons. The van der Waals surface area contributed by atoms with Crippen LogP contribution in [0.2, 0.25) is 0 Å². The fourth-order valence-corrected chi connectivity index (χ4v) is 1.80. The zero-order valence-electron chi connectivity index (χ0n) is 11.3. The Balaban J connectivity index is 3.05. The molecule has 0 spiro atoms. The van der Waals surface area contributed by atoms with Crippen LogP contribution in [0.15, 0.2) is 35.8 Å². The minimum absolute atomic E-state index is 0.164. The Morgan fingerprint density at radius 2 is 2.35 bits per heavy atom. The van der Waals surface area contributed by atoms with Gasteiger partial charge < -0.3 is 4.74 Å². The van der Waals surface area contributed by atoms with Gasteiger partial charge in [-0.1, -0.05) is 24.4 Å². The molecule has 0 aliphatic carbocycles. The van der Waals surface area contributed by atoms with E-state index in [9.17, 15) is 4.79 Å². The molecule has 1 rings (SSSR count). The van der Waals surface area contributed by atoms with Crippen LogP contribution in [0.25, 0.3) is 0 Å². The molecular weight excluding hydrogens is 274 g/mol. The van der Waals surface area contributed by atoms with E-state index in [4.69, 9.17) is 10.00 Å². The summed E-state index contributed by atoms with van der Waals surface area (Å²) in [6.45, 7) is 5.52. The first-order chi connectivity index (χ1) is 9.60. The van der Waals surface area contributed by atoms with E-state index in [-0.39, 0.29) is 6.61 Å². The lowest BCUT2D eigenvalue weighted by molar-refractivity contribution is 0.0549. The minimum Gasteiger partial charge on any atom is -0.458 e. The summed E-state index contributed by atoms with van der Waals surface area (Å²) < 4.78 is 4.99. The molecular formula is C14H15N3O2S. The molecule has 1 N–H and O–H groups in total. The van der Waals surface area contributed by atoms with Crippen LogP contribution in [-0.4, -0.2) is 24.0 Å². The molecule has 0 aliphatic heterocycles. The van der Waals surface area contributed by atoms with E-state index >= 15 is 0 Å². The topological polar surface area (TPSA) is 74.5 Å². The van der Waals surface area contributed by atoms with Gasteiger partial charge in [-0.2, -0.15) is 5.26 Å². The maximum Gasteiger partial charge on any atom is 0.338 e. The Labute approximate surface area is 122 Å².